The fourth-order valence-corrected chi connectivity index (χ4v) is 2.79. The predicted octanol–water partition coefficient (Wildman–Crippen LogP) is 3.58. The molecule has 1 saturated carbocycles. The maximum Gasteiger partial charge on any atom is 0.133 e. The van der Waals surface area contributed by atoms with Crippen LogP contribution in [0.4, 0.5) is 5.82 Å². The lowest BCUT2D eigenvalue weighted by Gasteiger charge is -2.24. The van der Waals surface area contributed by atoms with Crippen LogP contribution in [0, 0.1) is 5.92 Å². The van der Waals surface area contributed by atoms with E-state index in [2.05, 4.69) is 61.4 Å². The average molecular weight is 283 g/mol. The van der Waals surface area contributed by atoms with Gasteiger partial charge < -0.3 is 10.2 Å². The quantitative estimate of drug-likeness (QED) is 0.878. The molecule has 3 nitrogen and oxygen atoms in total. The molecule has 0 unspecified atom stereocenters. The molecule has 0 aliphatic heterocycles. The van der Waals surface area contributed by atoms with Crippen molar-refractivity contribution in [3.63, 3.8) is 0 Å². The van der Waals surface area contributed by atoms with E-state index >= 15 is 0 Å². The fraction of sp³-hybridized carbons (Fsp3) is 0.500. The Morgan fingerprint density at radius 2 is 2.05 bits per heavy atom. The summed E-state index contributed by atoms with van der Waals surface area (Å²) in [6.07, 6.45) is 2.64. The number of aromatic nitrogens is 1. The van der Waals surface area contributed by atoms with Crippen LogP contribution in [0.2, 0.25) is 0 Å². The monoisotopic (exact) mass is 283 g/mol. The molecule has 0 spiro atoms. The molecule has 1 heterocycles. The summed E-state index contributed by atoms with van der Waals surface area (Å²) in [5.41, 5.74) is 2.39. The summed E-state index contributed by atoms with van der Waals surface area (Å²) in [5, 5.41) is 4.85. The van der Waals surface area contributed by atoms with Gasteiger partial charge in [0.2, 0.25) is 0 Å². The van der Waals surface area contributed by atoms with Crippen molar-refractivity contribution in [3.05, 3.63) is 35.9 Å². The molecule has 0 bridgehead atoms. The number of hydrogen-bond acceptors (Lipinski definition) is 3. The molecule has 3 rings (SSSR count). The van der Waals surface area contributed by atoms with Crippen molar-refractivity contribution in [1.29, 1.82) is 0 Å². The summed E-state index contributed by atoms with van der Waals surface area (Å²) >= 11 is 0. The summed E-state index contributed by atoms with van der Waals surface area (Å²) < 4.78 is 0. The van der Waals surface area contributed by atoms with Gasteiger partial charge >= 0.3 is 0 Å². The fourth-order valence-electron chi connectivity index (χ4n) is 2.79. The summed E-state index contributed by atoms with van der Waals surface area (Å²) in [5.74, 6) is 1.75. The van der Waals surface area contributed by atoms with Gasteiger partial charge in [-0.15, -0.1) is 0 Å². The van der Waals surface area contributed by atoms with E-state index in [0.717, 1.165) is 30.5 Å². The highest BCUT2D eigenvalue weighted by molar-refractivity contribution is 5.81. The zero-order valence-electron chi connectivity index (χ0n) is 13.3. The third kappa shape index (κ3) is 3.53. The number of rotatable bonds is 6. The van der Waals surface area contributed by atoms with Crippen LogP contribution in [-0.2, 0) is 6.54 Å². The van der Waals surface area contributed by atoms with Crippen molar-refractivity contribution >= 4 is 16.7 Å². The Bertz CT molecular complexity index is 617. The highest BCUT2D eigenvalue weighted by Crippen LogP contribution is 2.25. The number of anilines is 1. The number of nitrogens with one attached hydrogen (secondary N) is 1. The van der Waals surface area contributed by atoms with E-state index in [4.69, 9.17) is 4.98 Å². The molecular weight excluding hydrogens is 258 g/mol. The lowest BCUT2D eigenvalue weighted by Crippen LogP contribution is -2.26. The minimum Gasteiger partial charge on any atom is -0.359 e. The largest absolute Gasteiger partial charge is 0.359 e. The third-order valence-corrected chi connectivity index (χ3v) is 3.94. The number of fused-ring (bicyclic) bond motifs is 1. The van der Waals surface area contributed by atoms with E-state index < -0.39 is 0 Å². The van der Waals surface area contributed by atoms with Crippen LogP contribution in [0.25, 0.3) is 10.9 Å². The van der Waals surface area contributed by atoms with E-state index in [-0.39, 0.29) is 0 Å². The number of benzene rings is 1. The highest BCUT2D eigenvalue weighted by Gasteiger charge is 2.21. The van der Waals surface area contributed by atoms with Gasteiger partial charge in [-0.3, -0.25) is 0 Å². The van der Waals surface area contributed by atoms with Crippen LogP contribution in [0.15, 0.2) is 30.3 Å². The molecule has 1 aromatic carbocycles. The van der Waals surface area contributed by atoms with Gasteiger partial charge in [0, 0.05) is 37.1 Å². The Kier molecular flexibility index (Phi) is 4.11. The van der Waals surface area contributed by atoms with Crippen LogP contribution >= 0.6 is 0 Å². The second kappa shape index (κ2) is 6.02. The number of hydrogen-bond donors (Lipinski definition) is 1. The number of nitrogens with zero attached hydrogens (tertiary/aromatic N) is 2. The summed E-state index contributed by atoms with van der Waals surface area (Å²) in [6, 6.07) is 11.4. The molecule has 0 atom stereocenters. The topological polar surface area (TPSA) is 28.2 Å². The molecule has 1 aliphatic carbocycles. The standard InChI is InChI=1S/C18H25N3/c1-13(2)12-21(3)18-15(11-19-16-8-9-16)10-14-6-4-5-7-17(14)20-18/h4-7,10,13,16,19H,8-9,11-12H2,1-3H3. The molecule has 1 N–H and O–H groups in total. The normalized spacial score (nSPS) is 14.9. The van der Waals surface area contributed by atoms with Gasteiger partial charge in [-0.2, -0.15) is 0 Å². The predicted molar refractivity (Wildman–Crippen MR) is 89.7 cm³/mol. The van der Waals surface area contributed by atoms with Crippen molar-refractivity contribution < 1.29 is 0 Å². The summed E-state index contributed by atoms with van der Waals surface area (Å²) in [4.78, 5) is 7.21. The van der Waals surface area contributed by atoms with E-state index in [1.54, 1.807) is 0 Å². The minimum absolute atomic E-state index is 0.632. The first-order valence-corrected chi connectivity index (χ1v) is 7.96. The molecule has 1 aliphatic rings. The molecular formula is C18H25N3. The average Bonchev–Trinajstić information content (AvgIpc) is 3.27. The van der Waals surface area contributed by atoms with Crippen LogP contribution in [-0.4, -0.2) is 24.6 Å². The molecule has 1 aromatic heterocycles. The Morgan fingerprint density at radius 3 is 2.76 bits per heavy atom. The zero-order valence-corrected chi connectivity index (χ0v) is 13.3. The first kappa shape index (κ1) is 14.3. The van der Waals surface area contributed by atoms with Gasteiger partial charge in [0.15, 0.2) is 0 Å². The van der Waals surface area contributed by atoms with Crippen molar-refractivity contribution in [1.82, 2.24) is 10.3 Å². The second-order valence-corrected chi connectivity index (χ2v) is 6.59. The van der Waals surface area contributed by atoms with Crippen molar-refractivity contribution in [3.8, 4) is 0 Å². The van der Waals surface area contributed by atoms with Crippen LogP contribution in [0.5, 0.6) is 0 Å². The maximum atomic E-state index is 4.91. The van der Waals surface area contributed by atoms with Crippen molar-refractivity contribution in [2.75, 3.05) is 18.5 Å². The van der Waals surface area contributed by atoms with Gasteiger partial charge in [0.25, 0.3) is 0 Å². The number of pyridine rings is 1. The van der Waals surface area contributed by atoms with E-state index in [1.165, 1.54) is 23.8 Å². The highest BCUT2D eigenvalue weighted by atomic mass is 15.2. The van der Waals surface area contributed by atoms with Gasteiger partial charge in [-0.05, 0) is 30.9 Å². The van der Waals surface area contributed by atoms with Crippen LogP contribution in [0.3, 0.4) is 0 Å². The maximum absolute atomic E-state index is 4.91. The van der Waals surface area contributed by atoms with Gasteiger partial charge in [0.05, 0.1) is 5.52 Å². The number of para-hydroxylation sites is 1. The minimum atomic E-state index is 0.632. The molecule has 2 aromatic rings. The lowest BCUT2D eigenvalue weighted by molar-refractivity contribution is 0.628. The van der Waals surface area contributed by atoms with Crippen molar-refractivity contribution in [2.24, 2.45) is 5.92 Å². The first-order chi connectivity index (χ1) is 10.1. The summed E-state index contributed by atoms with van der Waals surface area (Å²) in [6.45, 7) is 6.45. The Balaban J connectivity index is 1.93. The Labute approximate surface area is 127 Å². The van der Waals surface area contributed by atoms with Crippen molar-refractivity contribution in [2.45, 2.75) is 39.3 Å². The van der Waals surface area contributed by atoms with E-state index in [1.807, 2.05) is 0 Å². The third-order valence-electron chi connectivity index (χ3n) is 3.94. The Morgan fingerprint density at radius 1 is 1.29 bits per heavy atom. The van der Waals surface area contributed by atoms with Crippen LogP contribution in [0.1, 0.15) is 32.3 Å². The molecule has 0 saturated heterocycles. The lowest BCUT2D eigenvalue weighted by atomic mass is 10.1. The van der Waals surface area contributed by atoms with Crippen LogP contribution < -0.4 is 10.2 Å². The second-order valence-electron chi connectivity index (χ2n) is 6.59. The SMILES string of the molecule is CC(C)CN(C)c1nc2ccccc2cc1CNC1CC1. The zero-order chi connectivity index (χ0) is 14.8. The van der Waals surface area contributed by atoms with Gasteiger partial charge in [0.1, 0.15) is 5.82 Å². The molecule has 21 heavy (non-hydrogen) atoms. The smallest absolute Gasteiger partial charge is 0.133 e. The molecule has 1 fully saturated rings. The molecule has 0 amide bonds. The molecule has 3 heteroatoms. The van der Waals surface area contributed by atoms with Gasteiger partial charge in [-0.25, -0.2) is 4.98 Å². The Hall–Kier alpha value is -1.61. The van der Waals surface area contributed by atoms with E-state index in [9.17, 15) is 0 Å². The van der Waals surface area contributed by atoms with Gasteiger partial charge in [-0.1, -0.05) is 32.0 Å². The molecule has 112 valence electrons. The molecule has 0 radical (unpaired) electrons. The first-order valence-electron chi connectivity index (χ1n) is 7.96. The summed E-state index contributed by atoms with van der Waals surface area (Å²) in [7, 11) is 2.15. The van der Waals surface area contributed by atoms with E-state index in [0.29, 0.717) is 5.92 Å².